The molecular weight excluding hydrogens is 310 g/mol. The fourth-order valence-corrected chi connectivity index (χ4v) is 2.43. The van der Waals surface area contributed by atoms with Crippen molar-refractivity contribution in [2.45, 2.75) is 6.54 Å². The number of pyridine rings is 2. The predicted molar refractivity (Wildman–Crippen MR) is 90.4 cm³/mol. The first kappa shape index (κ1) is 15.2. The number of benzene rings is 1. The first-order valence-corrected chi connectivity index (χ1v) is 7.48. The lowest BCUT2D eigenvalue weighted by molar-refractivity contribution is 0.0985. The molecule has 1 aromatic carbocycles. The quantitative estimate of drug-likeness (QED) is 0.729. The van der Waals surface area contributed by atoms with Crippen LogP contribution in [0.5, 0.6) is 0 Å². The van der Waals surface area contributed by atoms with Gasteiger partial charge in [0.1, 0.15) is 0 Å². The zero-order valence-corrected chi connectivity index (χ0v) is 13.0. The van der Waals surface area contributed by atoms with Crippen LogP contribution in [0.2, 0.25) is 5.02 Å². The molecule has 2 aromatic heterocycles. The molecule has 0 saturated heterocycles. The summed E-state index contributed by atoms with van der Waals surface area (Å²) in [4.78, 5) is 22.6. The van der Waals surface area contributed by atoms with Crippen LogP contribution in [0.25, 0.3) is 0 Å². The van der Waals surface area contributed by atoms with Crippen LogP contribution < -0.4 is 4.90 Å². The molecule has 5 heteroatoms. The van der Waals surface area contributed by atoms with E-state index >= 15 is 0 Å². The van der Waals surface area contributed by atoms with Crippen molar-refractivity contribution in [3.8, 4) is 0 Å². The van der Waals surface area contributed by atoms with Crippen LogP contribution in [0.4, 0.5) is 5.69 Å². The summed E-state index contributed by atoms with van der Waals surface area (Å²) < 4.78 is 0. The molecule has 3 aromatic rings. The molecule has 0 radical (unpaired) electrons. The first-order valence-electron chi connectivity index (χ1n) is 7.10. The third-order valence-electron chi connectivity index (χ3n) is 3.36. The molecule has 0 fully saturated rings. The van der Waals surface area contributed by atoms with E-state index < -0.39 is 0 Å². The molecule has 0 unspecified atom stereocenters. The molecule has 2 heterocycles. The van der Waals surface area contributed by atoms with E-state index in [0.717, 1.165) is 11.3 Å². The first-order chi connectivity index (χ1) is 11.2. The van der Waals surface area contributed by atoms with Crippen molar-refractivity contribution in [3.05, 3.63) is 89.5 Å². The molecular formula is C18H14ClN3O. The van der Waals surface area contributed by atoms with E-state index in [1.165, 1.54) is 0 Å². The largest absolute Gasteiger partial charge is 0.304 e. The van der Waals surface area contributed by atoms with Gasteiger partial charge < -0.3 is 4.90 Å². The van der Waals surface area contributed by atoms with Gasteiger partial charge in [-0.15, -0.1) is 0 Å². The highest BCUT2D eigenvalue weighted by Crippen LogP contribution is 2.23. The Hall–Kier alpha value is -2.72. The van der Waals surface area contributed by atoms with Crippen LogP contribution in [0.3, 0.4) is 0 Å². The van der Waals surface area contributed by atoms with Gasteiger partial charge in [0.05, 0.1) is 6.54 Å². The Morgan fingerprint density at radius 2 is 1.83 bits per heavy atom. The molecule has 0 bridgehead atoms. The Morgan fingerprint density at radius 3 is 2.52 bits per heavy atom. The number of hydrogen-bond acceptors (Lipinski definition) is 3. The number of anilines is 1. The van der Waals surface area contributed by atoms with Crippen molar-refractivity contribution in [3.63, 3.8) is 0 Å². The van der Waals surface area contributed by atoms with Gasteiger partial charge in [0.15, 0.2) is 0 Å². The van der Waals surface area contributed by atoms with Crippen LogP contribution in [0.1, 0.15) is 15.9 Å². The van der Waals surface area contributed by atoms with Crippen LogP contribution in [0.15, 0.2) is 73.3 Å². The third kappa shape index (κ3) is 3.73. The molecule has 3 rings (SSSR count). The molecule has 114 valence electrons. The highest BCUT2D eigenvalue weighted by atomic mass is 35.5. The van der Waals surface area contributed by atoms with E-state index in [4.69, 9.17) is 11.6 Å². The Labute approximate surface area is 139 Å². The number of nitrogens with zero attached hydrogens (tertiary/aromatic N) is 3. The second-order valence-electron chi connectivity index (χ2n) is 4.97. The van der Waals surface area contributed by atoms with Crippen molar-refractivity contribution in [2.24, 2.45) is 0 Å². The van der Waals surface area contributed by atoms with E-state index in [9.17, 15) is 4.79 Å². The van der Waals surface area contributed by atoms with Crippen molar-refractivity contribution < 1.29 is 4.79 Å². The Morgan fingerprint density at radius 1 is 1.00 bits per heavy atom. The van der Waals surface area contributed by atoms with Gasteiger partial charge in [-0.1, -0.05) is 23.7 Å². The summed E-state index contributed by atoms with van der Waals surface area (Å²) in [5, 5.41) is 0.584. The zero-order valence-electron chi connectivity index (χ0n) is 12.3. The second-order valence-corrected chi connectivity index (χ2v) is 5.40. The molecule has 23 heavy (non-hydrogen) atoms. The third-order valence-corrected chi connectivity index (χ3v) is 3.59. The van der Waals surface area contributed by atoms with Crippen molar-refractivity contribution in [1.82, 2.24) is 9.97 Å². The van der Waals surface area contributed by atoms with E-state index in [1.807, 2.05) is 24.3 Å². The Balaban J connectivity index is 1.98. The minimum absolute atomic E-state index is 0.112. The zero-order chi connectivity index (χ0) is 16.1. The van der Waals surface area contributed by atoms with Gasteiger partial charge in [0.25, 0.3) is 5.91 Å². The molecule has 0 saturated carbocycles. The van der Waals surface area contributed by atoms with Gasteiger partial charge in [0.2, 0.25) is 0 Å². The number of amides is 1. The van der Waals surface area contributed by atoms with Gasteiger partial charge in [-0.3, -0.25) is 14.8 Å². The number of carbonyl (C=O) groups is 1. The van der Waals surface area contributed by atoms with Crippen molar-refractivity contribution in [1.29, 1.82) is 0 Å². The number of aromatic nitrogens is 2. The highest BCUT2D eigenvalue weighted by molar-refractivity contribution is 6.31. The topological polar surface area (TPSA) is 46.1 Å². The fourth-order valence-electron chi connectivity index (χ4n) is 2.25. The standard InChI is InChI=1S/C18H14ClN3O/c19-16-4-1-5-17(11-16)22(13-14-3-2-8-21-12-14)18(23)15-6-9-20-10-7-15/h1-12H,13H2. The average molecular weight is 324 g/mol. The molecule has 0 N–H and O–H groups in total. The minimum Gasteiger partial charge on any atom is -0.304 e. The van der Waals surface area contributed by atoms with E-state index in [1.54, 1.807) is 54.0 Å². The maximum Gasteiger partial charge on any atom is 0.258 e. The van der Waals surface area contributed by atoms with Crippen molar-refractivity contribution in [2.75, 3.05) is 4.90 Å². The van der Waals surface area contributed by atoms with Gasteiger partial charge >= 0.3 is 0 Å². The number of carbonyl (C=O) groups excluding carboxylic acids is 1. The molecule has 4 nitrogen and oxygen atoms in total. The maximum atomic E-state index is 12.9. The normalized spacial score (nSPS) is 10.3. The Kier molecular flexibility index (Phi) is 4.64. The molecule has 0 aliphatic carbocycles. The van der Waals surface area contributed by atoms with Crippen LogP contribution in [-0.4, -0.2) is 15.9 Å². The van der Waals surface area contributed by atoms with Gasteiger partial charge in [-0.05, 0) is 42.0 Å². The fraction of sp³-hybridized carbons (Fsp3) is 0.0556. The van der Waals surface area contributed by atoms with Crippen molar-refractivity contribution >= 4 is 23.2 Å². The van der Waals surface area contributed by atoms with Gasteiger partial charge in [0, 0.05) is 41.1 Å². The highest BCUT2D eigenvalue weighted by Gasteiger charge is 2.18. The summed E-state index contributed by atoms with van der Waals surface area (Å²) in [6.45, 7) is 0.412. The summed E-state index contributed by atoms with van der Waals surface area (Å²) in [6.07, 6.45) is 6.66. The average Bonchev–Trinajstić information content (AvgIpc) is 2.61. The summed E-state index contributed by atoms with van der Waals surface area (Å²) in [5.74, 6) is -0.112. The Bertz CT molecular complexity index is 794. The second kappa shape index (κ2) is 7.03. The monoisotopic (exact) mass is 323 g/mol. The molecule has 1 amide bonds. The van der Waals surface area contributed by atoms with Gasteiger partial charge in [-0.25, -0.2) is 0 Å². The molecule has 0 aliphatic rings. The lowest BCUT2D eigenvalue weighted by Crippen LogP contribution is -2.30. The number of rotatable bonds is 4. The van der Waals surface area contributed by atoms with E-state index in [0.29, 0.717) is 17.1 Å². The van der Waals surface area contributed by atoms with E-state index in [-0.39, 0.29) is 5.91 Å². The lowest BCUT2D eigenvalue weighted by atomic mass is 10.1. The molecule has 0 aliphatic heterocycles. The summed E-state index contributed by atoms with van der Waals surface area (Å²) >= 11 is 6.08. The summed E-state index contributed by atoms with van der Waals surface area (Å²) in [6, 6.07) is 14.4. The number of halogens is 1. The van der Waals surface area contributed by atoms with E-state index in [2.05, 4.69) is 9.97 Å². The van der Waals surface area contributed by atoms with Crippen LogP contribution in [-0.2, 0) is 6.54 Å². The van der Waals surface area contributed by atoms with Crippen LogP contribution >= 0.6 is 11.6 Å². The SMILES string of the molecule is O=C(c1ccncc1)N(Cc1cccnc1)c1cccc(Cl)c1. The minimum atomic E-state index is -0.112. The maximum absolute atomic E-state index is 12.9. The number of hydrogen-bond donors (Lipinski definition) is 0. The summed E-state index contributed by atoms with van der Waals surface area (Å²) in [5.41, 5.74) is 2.25. The smallest absolute Gasteiger partial charge is 0.258 e. The molecule has 0 spiro atoms. The lowest BCUT2D eigenvalue weighted by Gasteiger charge is -2.23. The van der Waals surface area contributed by atoms with Gasteiger partial charge in [-0.2, -0.15) is 0 Å². The van der Waals surface area contributed by atoms with Crippen LogP contribution in [0, 0.1) is 0 Å². The molecule has 0 atom stereocenters. The summed E-state index contributed by atoms with van der Waals surface area (Å²) in [7, 11) is 0. The predicted octanol–water partition coefficient (Wildman–Crippen LogP) is 3.98.